The minimum absolute atomic E-state index is 0.232. The Hall–Kier alpha value is -1.57. The number of nitrogens with one attached hydrogen (secondary N) is 1. The summed E-state index contributed by atoms with van der Waals surface area (Å²) in [6.07, 6.45) is 0. The lowest BCUT2D eigenvalue weighted by atomic mass is 10.3. The fourth-order valence-corrected chi connectivity index (χ4v) is 1.68. The number of hydrogen-bond donors (Lipinski definition) is 1. The standard InChI is InChI=1S/C11H9IN2O3/c12-8-1-3-9(4-2-8)13-7-10-5-6-11(17-10)14(15)16/h1-6,13H,7H2. The lowest BCUT2D eigenvalue weighted by molar-refractivity contribution is -0.402. The molecular formula is C11H9IN2O3. The molecule has 1 heterocycles. The van der Waals surface area contributed by atoms with Gasteiger partial charge in [-0.3, -0.25) is 10.1 Å². The minimum atomic E-state index is -0.547. The molecule has 5 nitrogen and oxygen atoms in total. The Bertz CT molecular complexity index is 522. The average molecular weight is 344 g/mol. The number of rotatable bonds is 4. The largest absolute Gasteiger partial charge is 0.433 e. The van der Waals surface area contributed by atoms with Crippen molar-refractivity contribution in [2.75, 3.05) is 5.32 Å². The van der Waals surface area contributed by atoms with E-state index in [0.717, 1.165) is 9.26 Å². The molecule has 0 saturated heterocycles. The molecule has 0 aliphatic heterocycles. The van der Waals surface area contributed by atoms with E-state index in [-0.39, 0.29) is 5.88 Å². The molecule has 0 atom stereocenters. The first-order valence-corrected chi connectivity index (χ1v) is 5.95. The number of nitro groups is 1. The van der Waals surface area contributed by atoms with Crippen LogP contribution >= 0.6 is 22.6 Å². The smallest absolute Gasteiger partial charge is 0.404 e. The van der Waals surface area contributed by atoms with E-state index in [1.165, 1.54) is 6.07 Å². The van der Waals surface area contributed by atoms with Crippen LogP contribution in [0.1, 0.15) is 5.76 Å². The zero-order chi connectivity index (χ0) is 12.3. The highest BCUT2D eigenvalue weighted by Crippen LogP contribution is 2.17. The third-order valence-corrected chi connectivity index (χ3v) is 2.86. The van der Waals surface area contributed by atoms with Crippen molar-refractivity contribution in [3.63, 3.8) is 0 Å². The summed E-state index contributed by atoms with van der Waals surface area (Å²) < 4.78 is 6.18. The van der Waals surface area contributed by atoms with Gasteiger partial charge in [0.1, 0.15) is 10.7 Å². The predicted octanol–water partition coefficient (Wildman–Crippen LogP) is 3.40. The molecule has 0 radical (unpaired) electrons. The highest BCUT2D eigenvalue weighted by molar-refractivity contribution is 14.1. The quantitative estimate of drug-likeness (QED) is 0.524. The minimum Gasteiger partial charge on any atom is -0.404 e. The second-order valence-corrected chi connectivity index (χ2v) is 4.60. The third-order valence-electron chi connectivity index (χ3n) is 2.14. The Balaban J connectivity index is 1.97. The summed E-state index contributed by atoms with van der Waals surface area (Å²) in [4.78, 5) is 9.87. The topological polar surface area (TPSA) is 68.3 Å². The lowest BCUT2D eigenvalue weighted by Gasteiger charge is -2.03. The van der Waals surface area contributed by atoms with Crippen LogP contribution in [0.5, 0.6) is 0 Å². The van der Waals surface area contributed by atoms with Gasteiger partial charge >= 0.3 is 5.88 Å². The molecule has 0 saturated carbocycles. The lowest BCUT2D eigenvalue weighted by Crippen LogP contribution is -1.97. The maximum atomic E-state index is 10.4. The molecule has 6 heteroatoms. The van der Waals surface area contributed by atoms with Crippen molar-refractivity contribution in [2.45, 2.75) is 6.54 Å². The van der Waals surface area contributed by atoms with Gasteiger partial charge < -0.3 is 9.73 Å². The van der Waals surface area contributed by atoms with Crippen LogP contribution in [0.25, 0.3) is 0 Å². The van der Waals surface area contributed by atoms with Gasteiger partial charge in [0.15, 0.2) is 0 Å². The van der Waals surface area contributed by atoms with E-state index in [4.69, 9.17) is 4.42 Å². The molecule has 17 heavy (non-hydrogen) atoms. The van der Waals surface area contributed by atoms with Crippen LogP contribution in [0, 0.1) is 13.7 Å². The Labute approximate surface area is 111 Å². The molecule has 1 N–H and O–H groups in total. The zero-order valence-corrected chi connectivity index (χ0v) is 10.9. The van der Waals surface area contributed by atoms with Gasteiger partial charge in [-0.25, -0.2) is 0 Å². The van der Waals surface area contributed by atoms with Crippen molar-refractivity contribution in [2.24, 2.45) is 0 Å². The van der Waals surface area contributed by atoms with Crippen molar-refractivity contribution in [1.82, 2.24) is 0 Å². The first kappa shape index (κ1) is 11.9. The SMILES string of the molecule is O=[N+]([O-])c1ccc(CNc2ccc(I)cc2)o1. The van der Waals surface area contributed by atoms with E-state index in [2.05, 4.69) is 27.9 Å². The van der Waals surface area contributed by atoms with Gasteiger partial charge in [0.25, 0.3) is 0 Å². The predicted molar refractivity (Wildman–Crippen MR) is 71.8 cm³/mol. The monoisotopic (exact) mass is 344 g/mol. The summed E-state index contributed by atoms with van der Waals surface area (Å²) in [5.41, 5.74) is 0.949. The van der Waals surface area contributed by atoms with Gasteiger partial charge in [-0.05, 0) is 52.9 Å². The van der Waals surface area contributed by atoms with Crippen LogP contribution in [-0.2, 0) is 6.54 Å². The molecule has 2 rings (SSSR count). The van der Waals surface area contributed by atoms with Crippen LogP contribution in [0.4, 0.5) is 11.6 Å². The molecular weight excluding hydrogens is 335 g/mol. The van der Waals surface area contributed by atoms with Crippen LogP contribution in [0.3, 0.4) is 0 Å². The number of hydrogen-bond acceptors (Lipinski definition) is 4. The maximum absolute atomic E-state index is 10.4. The number of nitrogens with zero attached hydrogens (tertiary/aromatic N) is 1. The van der Waals surface area contributed by atoms with Crippen molar-refractivity contribution in [3.8, 4) is 0 Å². The van der Waals surface area contributed by atoms with E-state index in [1.54, 1.807) is 6.07 Å². The fraction of sp³-hybridized carbons (Fsp3) is 0.0909. The van der Waals surface area contributed by atoms with Crippen LogP contribution in [0.2, 0.25) is 0 Å². The molecule has 1 aromatic heterocycles. The Morgan fingerprint density at radius 2 is 1.94 bits per heavy atom. The number of halogens is 1. The normalized spacial score (nSPS) is 10.2. The van der Waals surface area contributed by atoms with E-state index in [0.29, 0.717) is 12.3 Å². The first-order chi connectivity index (χ1) is 8.15. The molecule has 2 aromatic rings. The summed E-state index contributed by atoms with van der Waals surface area (Å²) in [6, 6.07) is 10.8. The van der Waals surface area contributed by atoms with Crippen molar-refractivity contribution in [3.05, 3.63) is 55.8 Å². The number of anilines is 1. The van der Waals surface area contributed by atoms with E-state index >= 15 is 0 Å². The zero-order valence-electron chi connectivity index (χ0n) is 8.72. The molecule has 0 unspecified atom stereocenters. The van der Waals surface area contributed by atoms with Gasteiger partial charge in [0.05, 0.1) is 12.6 Å². The number of benzene rings is 1. The van der Waals surface area contributed by atoms with Gasteiger partial charge in [-0.2, -0.15) is 0 Å². The Kier molecular flexibility index (Phi) is 3.62. The molecule has 1 aromatic carbocycles. The molecule has 88 valence electrons. The average Bonchev–Trinajstić information content (AvgIpc) is 2.77. The van der Waals surface area contributed by atoms with Gasteiger partial charge in [0, 0.05) is 9.26 Å². The molecule has 0 bridgehead atoms. The molecule has 0 spiro atoms. The van der Waals surface area contributed by atoms with Crippen molar-refractivity contribution in [1.29, 1.82) is 0 Å². The second-order valence-electron chi connectivity index (χ2n) is 3.36. The molecule has 0 amide bonds. The second kappa shape index (κ2) is 5.17. The summed E-state index contributed by atoms with van der Waals surface area (Å²) in [6.45, 7) is 0.425. The maximum Gasteiger partial charge on any atom is 0.433 e. The van der Waals surface area contributed by atoms with Crippen LogP contribution in [-0.4, -0.2) is 4.92 Å². The Morgan fingerprint density at radius 1 is 1.24 bits per heavy atom. The van der Waals surface area contributed by atoms with E-state index in [9.17, 15) is 10.1 Å². The first-order valence-electron chi connectivity index (χ1n) is 4.88. The fourth-order valence-electron chi connectivity index (χ4n) is 1.32. The Morgan fingerprint density at radius 3 is 2.53 bits per heavy atom. The van der Waals surface area contributed by atoms with Crippen molar-refractivity contribution < 1.29 is 9.34 Å². The van der Waals surface area contributed by atoms with Gasteiger partial charge in [-0.1, -0.05) is 0 Å². The molecule has 0 aliphatic carbocycles. The summed E-state index contributed by atoms with van der Waals surface area (Å²) >= 11 is 2.23. The van der Waals surface area contributed by atoms with Gasteiger partial charge in [-0.15, -0.1) is 0 Å². The van der Waals surface area contributed by atoms with E-state index < -0.39 is 4.92 Å². The molecule has 0 aliphatic rings. The highest BCUT2D eigenvalue weighted by atomic mass is 127. The summed E-state index contributed by atoms with van der Waals surface area (Å²) in [7, 11) is 0. The van der Waals surface area contributed by atoms with Crippen molar-refractivity contribution >= 4 is 34.2 Å². The van der Waals surface area contributed by atoms with E-state index in [1.807, 2.05) is 24.3 Å². The highest BCUT2D eigenvalue weighted by Gasteiger charge is 2.11. The van der Waals surface area contributed by atoms with Crippen LogP contribution in [0.15, 0.2) is 40.8 Å². The molecule has 0 fully saturated rings. The third kappa shape index (κ3) is 3.19. The summed E-state index contributed by atoms with van der Waals surface area (Å²) in [5, 5.41) is 13.5. The summed E-state index contributed by atoms with van der Waals surface area (Å²) in [5.74, 6) is 0.305. The van der Waals surface area contributed by atoms with Crippen LogP contribution < -0.4 is 5.32 Å². The number of furan rings is 1. The van der Waals surface area contributed by atoms with Gasteiger partial charge in [0.2, 0.25) is 0 Å².